The van der Waals surface area contributed by atoms with Crippen LogP contribution in [0.15, 0.2) is 47.4 Å². The van der Waals surface area contributed by atoms with Gasteiger partial charge < -0.3 is 23.5 Å². The highest BCUT2D eigenvalue weighted by molar-refractivity contribution is 6.38. The number of halogens is 4. The van der Waals surface area contributed by atoms with Crippen molar-refractivity contribution in [2.24, 2.45) is 0 Å². The highest BCUT2D eigenvalue weighted by Crippen LogP contribution is 2.49. The predicted molar refractivity (Wildman–Crippen MR) is 150 cm³/mol. The number of rotatable bonds is 10. The third-order valence-corrected chi connectivity index (χ3v) is 9.06. The summed E-state index contributed by atoms with van der Waals surface area (Å²) >= 11 is 12.9. The van der Waals surface area contributed by atoms with E-state index in [0.29, 0.717) is 63.7 Å². The molecule has 42 heavy (non-hydrogen) atoms. The van der Waals surface area contributed by atoms with Crippen LogP contribution < -0.4 is 9.47 Å². The molecule has 8 rings (SSSR count). The van der Waals surface area contributed by atoms with Gasteiger partial charge in [-0.3, -0.25) is 9.97 Å². The number of aromatic nitrogens is 3. The van der Waals surface area contributed by atoms with E-state index < -0.39 is 17.8 Å². The van der Waals surface area contributed by atoms with Gasteiger partial charge in [0.25, 0.3) is 0 Å². The minimum absolute atomic E-state index is 0.0569. The maximum Gasteiger partial charge on any atom is 0.387 e. The van der Waals surface area contributed by atoms with Crippen molar-refractivity contribution >= 4 is 34.1 Å². The Balaban J connectivity index is 1.03. The number of fused-ring (bicyclic) bond motifs is 4. The Bertz CT molecular complexity index is 1590. The smallest absolute Gasteiger partial charge is 0.387 e. The number of nitrogens with zero attached hydrogens (tertiary/aromatic N) is 3. The molecule has 1 aromatic carbocycles. The first-order valence-corrected chi connectivity index (χ1v) is 14.6. The second-order valence-electron chi connectivity index (χ2n) is 11.2. The van der Waals surface area contributed by atoms with E-state index in [0.717, 1.165) is 49.8 Å². The number of ether oxygens (including phenoxy) is 4. The number of pyridine rings is 2. The molecule has 0 N–H and O–H groups in total. The van der Waals surface area contributed by atoms with E-state index in [-0.39, 0.29) is 5.75 Å². The van der Waals surface area contributed by atoms with Crippen LogP contribution in [0.2, 0.25) is 10.0 Å². The molecular formula is C30H27Cl2F2N3O5. The highest BCUT2D eigenvalue weighted by Gasteiger charge is 2.51. The highest BCUT2D eigenvalue weighted by atomic mass is 35.5. The molecule has 4 aliphatic rings. The second-order valence-corrected chi connectivity index (χ2v) is 12.0. The van der Waals surface area contributed by atoms with Gasteiger partial charge in [-0.15, -0.1) is 0 Å². The van der Waals surface area contributed by atoms with Gasteiger partial charge in [0.05, 0.1) is 34.4 Å². The third-order valence-electron chi connectivity index (χ3n) is 8.48. The first kappa shape index (κ1) is 27.8. The van der Waals surface area contributed by atoms with Crippen molar-refractivity contribution in [1.29, 1.82) is 0 Å². The molecule has 4 fully saturated rings. The molecule has 5 heterocycles. The molecule has 2 bridgehead atoms. The zero-order valence-electron chi connectivity index (χ0n) is 22.5. The molecule has 2 saturated heterocycles. The van der Waals surface area contributed by atoms with Gasteiger partial charge in [0.2, 0.25) is 0 Å². The standard InChI is InChI=1S/C30H27Cl2F2N3O5/c31-21-12-35-13-22(32)25(21)26-20(27(42-37-26)17-1-2-17)14-39-30-8-6-29(7-9-30,40-16-30)15-38-18-3-4-23-19(11-18)24(5-10-36-23)41-28(33)34/h3-5,10-13,17,28H,1-2,6-9,14-16H2. The van der Waals surface area contributed by atoms with Crippen molar-refractivity contribution < 1.29 is 32.3 Å². The predicted octanol–water partition coefficient (Wildman–Crippen LogP) is 7.75. The summed E-state index contributed by atoms with van der Waals surface area (Å²) in [4.78, 5) is 8.28. The summed E-state index contributed by atoms with van der Waals surface area (Å²) in [6.07, 6.45) is 9.74. The van der Waals surface area contributed by atoms with Gasteiger partial charge >= 0.3 is 6.61 Å². The normalized spacial score (nSPS) is 23.5. The number of hydrogen-bond donors (Lipinski definition) is 0. The van der Waals surface area contributed by atoms with Crippen molar-refractivity contribution in [2.45, 2.75) is 68.9 Å². The summed E-state index contributed by atoms with van der Waals surface area (Å²) in [5.41, 5.74) is 1.72. The van der Waals surface area contributed by atoms with Crippen molar-refractivity contribution in [3.63, 3.8) is 0 Å². The van der Waals surface area contributed by atoms with Gasteiger partial charge in [0.15, 0.2) is 0 Å². The Morgan fingerprint density at radius 3 is 2.52 bits per heavy atom. The largest absolute Gasteiger partial charge is 0.491 e. The molecule has 3 aromatic heterocycles. The molecule has 0 spiro atoms. The fraction of sp³-hybridized carbons (Fsp3) is 0.433. The van der Waals surface area contributed by atoms with E-state index >= 15 is 0 Å². The van der Waals surface area contributed by atoms with Crippen LogP contribution in [0.25, 0.3) is 22.2 Å². The van der Waals surface area contributed by atoms with Gasteiger partial charge in [-0.2, -0.15) is 8.78 Å². The molecule has 8 nitrogen and oxygen atoms in total. The van der Waals surface area contributed by atoms with Gasteiger partial charge in [0, 0.05) is 41.0 Å². The van der Waals surface area contributed by atoms with Crippen LogP contribution in [-0.2, 0) is 16.1 Å². The maximum absolute atomic E-state index is 12.9. The first-order valence-electron chi connectivity index (χ1n) is 13.9. The van der Waals surface area contributed by atoms with E-state index in [1.165, 1.54) is 12.3 Å². The molecule has 4 aromatic rings. The number of hydrogen-bond acceptors (Lipinski definition) is 8. The Labute approximate surface area is 250 Å². The van der Waals surface area contributed by atoms with Crippen LogP contribution in [0.1, 0.15) is 55.8 Å². The molecule has 0 amide bonds. The zero-order valence-corrected chi connectivity index (χ0v) is 24.0. The molecule has 220 valence electrons. The van der Waals surface area contributed by atoms with Crippen molar-refractivity contribution in [3.05, 3.63) is 64.2 Å². The van der Waals surface area contributed by atoms with Crippen LogP contribution in [0.4, 0.5) is 8.78 Å². The summed E-state index contributed by atoms with van der Waals surface area (Å²) in [6.45, 7) is -1.86. The molecule has 2 saturated carbocycles. The molecule has 0 radical (unpaired) electrons. The Morgan fingerprint density at radius 2 is 1.83 bits per heavy atom. The summed E-state index contributed by atoms with van der Waals surface area (Å²) in [6, 6.07) is 6.58. The number of benzene rings is 1. The van der Waals surface area contributed by atoms with Crippen molar-refractivity contribution in [2.75, 3.05) is 13.2 Å². The van der Waals surface area contributed by atoms with Gasteiger partial charge in [-0.25, -0.2) is 0 Å². The minimum Gasteiger partial charge on any atom is -0.491 e. The summed E-state index contributed by atoms with van der Waals surface area (Å²) in [7, 11) is 0. The van der Waals surface area contributed by atoms with Crippen LogP contribution >= 0.6 is 23.2 Å². The average Bonchev–Trinajstić information content (AvgIpc) is 3.76. The Hall–Kier alpha value is -3.05. The molecule has 2 aliphatic heterocycles. The SMILES string of the molecule is FC(F)Oc1ccnc2ccc(OCC34CCC(OCc5c(-c6c(Cl)cncc6Cl)noc5C5CC5)(CC3)CO4)cc12. The average molecular weight is 618 g/mol. The lowest BCUT2D eigenvalue weighted by molar-refractivity contribution is -0.245. The molecule has 12 heteroatoms. The summed E-state index contributed by atoms with van der Waals surface area (Å²) in [5.74, 6) is 1.74. The quantitative estimate of drug-likeness (QED) is 0.178. The summed E-state index contributed by atoms with van der Waals surface area (Å²) < 4.78 is 55.3. The van der Waals surface area contributed by atoms with Gasteiger partial charge in [-0.1, -0.05) is 28.4 Å². The fourth-order valence-corrected chi connectivity index (χ4v) is 6.44. The zero-order chi connectivity index (χ0) is 28.9. The van der Waals surface area contributed by atoms with Crippen molar-refractivity contribution in [1.82, 2.24) is 15.1 Å². The third kappa shape index (κ3) is 5.30. The van der Waals surface area contributed by atoms with Gasteiger partial charge in [0.1, 0.15) is 35.2 Å². The monoisotopic (exact) mass is 617 g/mol. The van der Waals surface area contributed by atoms with E-state index in [1.807, 2.05) is 0 Å². The Morgan fingerprint density at radius 1 is 1.05 bits per heavy atom. The first-order chi connectivity index (χ1) is 20.3. The lowest BCUT2D eigenvalue weighted by Gasteiger charge is -2.52. The van der Waals surface area contributed by atoms with E-state index in [1.54, 1.807) is 30.6 Å². The van der Waals surface area contributed by atoms with Crippen LogP contribution in [-0.4, -0.2) is 46.2 Å². The molecule has 2 aliphatic carbocycles. The van der Waals surface area contributed by atoms with Crippen LogP contribution in [0.5, 0.6) is 11.5 Å². The van der Waals surface area contributed by atoms with E-state index in [9.17, 15) is 8.78 Å². The molecule has 0 atom stereocenters. The van der Waals surface area contributed by atoms with E-state index in [2.05, 4.69) is 19.9 Å². The van der Waals surface area contributed by atoms with E-state index in [4.69, 9.17) is 41.9 Å². The molecular weight excluding hydrogens is 591 g/mol. The van der Waals surface area contributed by atoms with Crippen LogP contribution in [0.3, 0.4) is 0 Å². The second kappa shape index (κ2) is 10.9. The van der Waals surface area contributed by atoms with Gasteiger partial charge in [-0.05, 0) is 62.8 Å². The lowest BCUT2D eigenvalue weighted by Crippen LogP contribution is -2.58. The topological polar surface area (TPSA) is 88.7 Å². The maximum atomic E-state index is 12.9. The number of alkyl halides is 2. The lowest BCUT2D eigenvalue weighted by atomic mass is 9.73. The van der Waals surface area contributed by atoms with Crippen molar-refractivity contribution in [3.8, 4) is 22.8 Å². The summed E-state index contributed by atoms with van der Waals surface area (Å²) in [5, 5.41) is 5.61. The Kier molecular flexibility index (Phi) is 7.20. The fourth-order valence-electron chi connectivity index (χ4n) is 5.90. The molecule has 0 unspecified atom stereocenters. The minimum atomic E-state index is -2.93. The van der Waals surface area contributed by atoms with Crippen LogP contribution in [0, 0.1) is 0 Å².